The molecule has 0 N–H and O–H groups in total. The Morgan fingerprint density at radius 3 is 1.54 bits per heavy atom. The summed E-state index contributed by atoms with van der Waals surface area (Å²) in [6, 6.07) is 64.5. The first-order chi connectivity index (χ1) is 27.8. The van der Waals surface area contributed by atoms with Crippen LogP contribution in [0.25, 0.3) is 21.5 Å². The maximum Gasteiger partial charge on any atom is 0.261 e. The van der Waals surface area contributed by atoms with Crippen LogP contribution in [-0.4, -0.2) is 6.71 Å². The highest BCUT2D eigenvalue weighted by Gasteiger charge is 2.57. The number of para-hydroxylation sites is 2. The second-order valence-electron chi connectivity index (χ2n) is 15.1. The maximum absolute atomic E-state index is 7.17. The summed E-state index contributed by atoms with van der Waals surface area (Å²) < 4.78 is 20.7. The molecule has 260 valence electrons. The van der Waals surface area contributed by atoms with Crippen molar-refractivity contribution in [3.63, 3.8) is 0 Å². The third-order valence-electron chi connectivity index (χ3n) is 12.4. The van der Waals surface area contributed by atoms with Gasteiger partial charge in [0.05, 0.1) is 5.41 Å². The summed E-state index contributed by atoms with van der Waals surface area (Å²) in [5.74, 6) is 5.12. The lowest BCUT2D eigenvalue weighted by Crippen LogP contribution is -2.65. The molecule has 3 aliphatic heterocycles. The smallest absolute Gasteiger partial charge is 0.261 e. The second-order valence-corrected chi connectivity index (χ2v) is 15.1. The molecule has 0 unspecified atom stereocenters. The molecule has 4 nitrogen and oxygen atoms in total. The van der Waals surface area contributed by atoms with Crippen LogP contribution in [0.15, 0.2) is 182 Å². The summed E-state index contributed by atoms with van der Waals surface area (Å²) in [5.41, 5.74) is 10.9. The normalized spacial score (nSPS) is 14.1. The first-order valence-electron chi connectivity index (χ1n) is 19.2. The monoisotopic (exact) mass is 715 g/mol. The van der Waals surface area contributed by atoms with Crippen molar-refractivity contribution in [3.8, 4) is 34.5 Å². The highest BCUT2D eigenvalue weighted by Crippen LogP contribution is 2.60. The van der Waals surface area contributed by atoms with E-state index in [0.717, 1.165) is 62.6 Å². The fourth-order valence-electron chi connectivity index (χ4n) is 10.3. The largest absolute Gasteiger partial charge is 0.458 e. The van der Waals surface area contributed by atoms with Gasteiger partial charge in [-0.25, -0.2) is 0 Å². The Morgan fingerprint density at radius 1 is 0.411 bits per heavy atom. The van der Waals surface area contributed by atoms with Crippen LogP contribution in [0.5, 0.6) is 34.5 Å². The Hall–Kier alpha value is -7.24. The molecule has 0 fully saturated rings. The van der Waals surface area contributed by atoms with E-state index in [0.29, 0.717) is 0 Å². The zero-order valence-corrected chi connectivity index (χ0v) is 30.1. The third kappa shape index (κ3) is 3.79. The molecule has 3 heterocycles. The Bertz CT molecular complexity index is 3010. The van der Waals surface area contributed by atoms with Gasteiger partial charge in [0.2, 0.25) is 0 Å². The highest BCUT2D eigenvalue weighted by atomic mass is 16.5. The summed E-state index contributed by atoms with van der Waals surface area (Å²) >= 11 is 0. The van der Waals surface area contributed by atoms with E-state index in [1.54, 1.807) is 0 Å². The van der Waals surface area contributed by atoms with Gasteiger partial charge in [-0.3, -0.25) is 0 Å². The summed E-state index contributed by atoms with van der Waals surface area (Å²) in [6.07, 6.45) is 0. The van der Waals surface area contributed by atoms with Crippen molar-refractivity contribution in [2.45, 2.75) is 5.41 Å². The molecule has 0 saturated carbocycles. The minimum absolute atomic E-state index is 0.0112. The Labute approximate surface area is 323 Å². The van der Waals surface area contributed by atoms with Crippen LogP contribution < -0.4 is 35.5 Å². The number of hydrogen-bond donors (Lipinski definition) is 0. The van der Waals surface area contributed by atoms with Gasteiger partial charge in [0.1, 0.15) is 34.5 Å². The zero-order valence-electron chi connectivity index (χ0n) is 30.1. The van der Waals surface area contributed by atoms with Crippen molar-refractivity contribution in [1.82, 2.24) is 0 Å². The van der Waals surface area contributed by atoms with Crippen LogP contribution >= 0.6 is 0 Å². The molecule has 5 heteroatoms. The van der Waals surface area contributed by atoms with Gasteiger partial charge < -0.3 is 19.1 Å². The Balaban J connectivity index is 1.04. The average molecular weight is 716 g/mol. The molecule has 56 heavy (non-hydrogen) atoms. The third-order valence-corrected chi connectivity index (χ3v) is 12.4. The molecule has 0 bridgehead atoms. The minimum atomic E-state index is -0.695. The molecular formula is C51H30BNO3. The van der Waals surface area contributed by atoms with E-state index >= 15 is 0 Å². The molecular weight excluding hydrogens is 685 g/mol. The molecule has 1 spiro atoms. The summed E-state index contributed by atoms with van der Waals surface area (Å²) in [7, 11) is 0. The predicted molar refractivity (Wildman–Crippen MR) is 226 cm³/mol. The number of anilines is 3. The molecule has 1 aliphatic carbocycles. The fraction of sp³-hybridized carbons (Fsp3) is 0.0196. The van der Waals surface area contributed by atoms with E-state index in [2.05, 4.69) is 181 Å². The molecule has 4 aliphatic rings. The van der Waals surface area contributed by atoms with Gasteiger partial charge in [-0.1, -0.05) is 103 Å². The fourth-order valence-corrected chi connectivity index (χ4v) is 10.3. The topological polar surface area (TPSA) is 30.9 Å². The number of nitrogens with zero attached hydrogens (tertiary/aromatic N) is 1. The van der Waals surface area contributed by atoms with E-state index in [9.17, 15) is 0 Å². The van der Waals surface area contributed by atoms with Crippen molar-refractivity contribution in [2.24, 2.45) is 0 Å². The molecule has 0 saturated heterocycles. The van der Waals surface area contributed by atoms with Gasteiger partial charge in [0.15, 0.2) is 0 Å². The summed E-state index contributed by atoms with van der Waals surface area (Å²) in [6.45, 7) is -0.0112. The summed E-state index contributed by atoms with van der Waals surface area (Å²) in [4.78, 5) is 2.27. The minimum Gasteiger partial charge on any atom is -0.458 e. The van der Waals surface area contributed by atoms with E-state index in [-0.39, 0.29) is 6.71 Å². The maximum atomic E-state index is 7.17. The Morgan fingerprint density at radius 2 is 0.911 bits per heavy atom. The second kappa shape index (κ2) is 10.9. The first kappa shape index (κ1) is 30.1. The standard InChI is InChI=1S/C51H30BNO3/c1-3-12-33(13-4-1)53(34-14-5-2-6-15-34)35-26-28-36(29-27-35)54-40-30-25-32-24-23-31-11-7-16-37-45(31)46(32)47(40)51(37)38-17-8-19-41-48(38)52-49-39(51)18-9-20-42(49)56-44-22-10-21-43(55-41)50(44)52/h1-30H. The van der Waals surface area contributed by atoms with Crippen LogP contribution in [0.2, 0.25) is 0 Å². The Kier molecular flexibility index (Phi) is 5.88. The number of ether oxygens (including phenoxy) is 3. The van der Waals surface area contributed by atoms with E-state index in [1.807, 2.05) is 6.07 Å². The van der Waals surface area contributed by atoms with Gasteiger partial charge >= 0.3 is 0 Å². The van der Waals surface area contributed by atoms with Crippen molar-refractivity contribution in [3.05, 3.63) is 204 Å². The highest BCUT2D eigenvalue weighted by molar-refractivity contribution is 6.99. The number of benzene rings is 9. The lowest BCUT2D eigenvalue weighted by Gasteiger charge is -2.46. The van der Waals surface area contributed by atoms with Crippen LogP contribution in [0.1, 0.15) is 22.3 Å². The zero-order chi connectivity index (χ0) is 36.5. The van der Waals surface area contributed by atoms with Gasteiger partial charge in [0, 0.05) is 28.1 Å². The molecule has 0 atom stereocenters. The average Bonchev–Trinajstić information content (AvgIpc) is 3.56. The summed E-state index contributed by atoms with van der Waals surface area (Å²) in [5, 5.41) is 4.91. The van der Waals surface area contributed by atoms with Crippen molar-refractivity contribution in [1.29, 1.82) is 0 Å². The van der Waals surface area contributed by atoms with Crippen LogP contribution in [0, 0.1) is 0 Å². The van der Waals surface area contributed by atoms with Crippen molar-refractivity contribution < 1.29 is 14.2 Å². The van der Waals surface area contributed by atoms with E-state index in [1.165, 1.54) is 49.2 Å². The van der Waals surface area contributed by atoms with Gasteiger partial charge in [-0.15, -0.1) is 0 Å². The predicted octanol–water partition coefficient (Wildman–Crippen LogP) is 11.0. The van der Waals surface area contributed by atoms with Gasteiger partial charge in [-0.05, 0) is 128 Å². The first-order valence-corrected chi connectivity index (χ1v) is 19.2. The lowest BCUT2D eigenvalue weighted by molar-refractivity contribution is 0.459. The number of fused-ring (bicyclic) bond motifs is 4. The number of rotatable bonds is 5. The molecule has 0 amide bonds. The molecule has 0 radical (unpaired) electrons. The van der Waals surface area contributed by atoms with E-state index in [4.69, 9.17) is 14.2 Å². The van der Waals surface area contributed by atoms with Crippen LogP contribution in [0.3, 0.4) is 0 Å². The van der Waals surface area contributed by atoms with Crippen molar-refractivity contribution >= 4 is 61.7 Å². The lowest BCUT2D eigenvalue weighted by atomic mass is 9.29. The van der Waals surface area contributed by atoms with Gasteiger partial charge in [0.25, 0.3) is 6.71 Å². The van der Waals surface area contributed by atoms with Crippen LogP contribution in [-0.2, 0) is 5.41 Å². The molecule has 13 rings (SSSR count). The van der Waals surface area contributed by atoms with Gasteiger partial charge in [-0.2, -0.15) is 0 Å². The molecule has 9 aromatic rings. The van der Waals surface area contributed by atoms with E-state index < -0.39 is 5.41 Å². The SMILES string of the molecule is c1ccc(N(c2ccccc2)c2ccc(Oc3ccc4ccc5cccc6c5c4c3C63c4cccc5c4B4c6c(cccc6Oc6cccc3c64)O5)cc2)cc1. The van der Waals surface area contributed by atoms with Crippen LogP contribution in [0.4, 0.5) is 17.1 Å². The van der Waals surface area contributed by atoms with Crippen molar-refractivity contribution in [2.75, 3.05) is 4.90 Å². The molecule has 9 aromatic carbocycles. The molecule has 0 aromatic heterocycles. The number of hydrogen-bond acceptors (Lipinski definition) is 4. The quantitative estimate of drug-likeness (QED) is 0.131.